The van der Waals surface area contributed by atoms with E-state index in [-0.39, 0.29) is 23.8 Å². The first-order valence-corrected chi connectivity index (χ1v) is 13.9. The molecule has 184 valence electrons. The van der Waals surface area contributed by atoms with E-state index >= 15 is 0 Å². The molecule has 7 nitrogen and oxygen atoms in total. The SMILES string of the molecule is CN1CCN(C(=O)C[C@@]2(COc3ccccc3)CCCN(S(=O)(=O)c3ccc(Br)cc3)C2)CC1. The van der Waals surface area contributed by atoms with Crippen LogP contribution in [0.15, 0.2) is 64.0 Å². The first kappa shape index (κ1) is 25.2. The number of ether oxygens (including phenoxy) is 1. The van der Waals surface area contributed by atoms with Crippen LogP contribution >= 0.6 is 15.9 Å². The zero-order valence-electron chi connectivity index (χ0n) is 19.5. The second kappa shape index (κ2) is 10.8. The van der Waals surface area contributed by atoms with Crippen LogP contribution in [0.25, 0.3) is 0 Å². The number of amides is 1. The Morgan fingerprint density at radius 1 is 1.00 bits per heavy atom. The number of rotatable bonds is 7. The molecule has 0 aliphatic carbocycles. The molecule has 0 N–H and O–H groups in total. The summed E-state index contributed by atoms with van der Waals surface area (Å²) in [4.78, 5) is 17.7. The Kier molecular flexibility index (Phi) is 7.97. The van der Waals surface area contributed by atoms with E-state index in [1.165, 1.54) is 4.31 Å². The van der Waals surface area contributed by atoms with Crippen molar-refractivity contribution in [1.29, 1.82) is 0 Å². The van der Waals surface area contributed by atoms with Gasteiger partial charge in [-0.1, -0.05) is 34.1 Å². The molecule has 2 saturated heterocycles. The average molecular weight is 551 g/mol. The summed E-state index contributed by atoms with van der Waals surface area (Å²) in [6.07, 6.45) is 1.70. The van der Waals surface area contributed by atoms with Crippen LogP contribution in [-0.2, 0) is 14.8 Å². The van der Waals surface area contributed by atoms with Gasteiger partial charge in [0.2, 0.25) is 15.9 Å². The normalized spacial score (nSPS) is 22.5. The number of piperidine rings is 1. The van der Waals surface area contributed by atoms with Crippen LogP contribution < -0.4 is 4.74 Å². The van der Waals surface area contributed by atoms with E-state index in [2.05, 4.69) is 27.9 Å². The lowest BCUT2D eigenvalue weighted by atomic mass is 9.78. The molecular weight excluding hydrogens is 518 g/mol. The van der Waals surface area contributed by atoms with Crippen LogP contribution in [0.5, 0.6) is 5.75 Å². The van der Waals surface area contributed by atoms with Gasteiger partial charge in [0.1, 0.15) is 5.75 Å². The van der Waals surface area contributed by atoms with E-state index in [0.29, 0.717) is 32.7 Å². The van der Waals surface area contributed by atoms with Crippen LogP contribution in [0.3, 0.4) is 0 Å². The van der Waals surface area contributed by atoms with E-state index < -0.39 is 15.4 Å². The Labute approximate surface area is 210 Å². The van der Waals surface area contributed by atoms with Gasteiger partial charge in [0.25, 0.3) is 0 Å². The van der Waals surface area contributed by atoms with Crippen molar-refractivity contribution in [3.8, 4) is 5.75 Å². The lowest BCUT2D eigenvalue weighted by Crippen LogP contribution is -2.53. The van der Waals surface area contributed by atoms with Gasteiger partial charge in [-0.15, -0.1) is 0 Å². The number of carbonyl (C=O) groups is 1. The number of hydrogen-bond donors (Lipinski definition) is 0. The van der Waals surface area contributed by atoms with Crippen molar-refractivity contribution < 1.29 is 17.9 Å². The quantitative estimate of drug-likeness (QED) is 0.528. The van der Waals surface area contributed by atoms with Gasteiger partial charge in [0.15, 0.2) is 0 Å². The van der Waals surface area contributed by atoms with Crippen LogP contribution in [0.2, 0.25) is 0 Å². The van der Waals surface area contributed by atoms with Crippen molar-refractivity contribution in [3.63, 3.8) is 0 Å². The fourth-order valence-electron chi connectivity index (χ4n) is 4.68. The third-order valence-corrected chi connectivity index (χ3v) is 9.14. The number of hydrogen-bond acceptors (Lipinski definition) is 5. The number of nitrogens with zero attached hydrogens (tertiary/aromatic N) is 3. The Hall–Kier alpha value is -1.94. The van der Waals surface area contributed by atoms with E-state index in [1.54, 1.807) is 24.3 Å². The maximum absolute atomic E-state index is 13.5. The van der Waals surface area contributed by atoms with Crippen molar-refractivity contribution in [2.24, 2.45) is 5.41 Å². The van der Waals surface area contributed by atoms with Crippen LogP contribution in [0, 0.1) is 5.41 Å². The lowest BCUT2D eigenvalue weighted by Gasteiger charge is -2.43. The Morgan fingerprint density at radius 3 is 2.35 bits per heavy atom. The minimum atomic E-state index is -3.68. The molecule has 2 aromatic carbocycles. The summed E-state index contributed by atoms with van der Waals surface area (Å²) in [6, 6.07) is 16.2. The van der Waals surface area contributed by atoms with Gasteiger partial charge in [0, 0.05) is 55.6 Å². The molecule has 0 unspecified atom stereocenters. The molecular formula is C25H32BrN3O4S. The number of para-hydroxylation sites is 1. The molecule has 0 saturated carbocycles. The molecule has 2 fully saturated rings. The van der Waals surface area contributed by atoms with Gasteiger partial charge in [-0.05, 0) is 56.3 Å². The van der Waals surface area contributed by atoms with Gasteiger partial charge in [0.05, 0.1) is 11.5 Å². The fraction of sp³-hybridized carbons (Fsp3) is 0.480. The smallest absolute Gasteiger partial charge is 0.243 e. The van der Waals surface area contributed by atoms with E-state index in [4.69, 9.17) is 4.74 Å². The van der Waals surface area contributed by atoms with Crippen molar-refractivity contribution in [1.82, 2.24) is 14.1 Å². The van der Waals surface area contributed by atoms with Crippen LogP contribution in [-0.4, -0.2) is 81.4 Å². The summed E-state index contributed by atoms with van der Waals surface area (Å²) in [5, 5.41) is 0. The topological polar surface area (TPSA) is 70.2 Å². The fourth-order valence-corrected chi connectivity index (χ4v) is 6.53. The van der Waals surface area contributed by atoms with Crippen LogP contribution in [0.1, 0.15) is 19.3 Å². The first-order chi connectivity index (χ1) is 16.3. The molecule has 1 amide bonds. The Balaban J connectivity index is 1.56. The number of halogens is 1. The summed E-state index contributed by atoms with van der Waals surface area (Å²) in [6.45, 7) is 4.10. The molecule has 4 rings (SSSR count). The van der Waals surface area contributed by atoms with Crippen LogP contribution in [0.4, 0.5) is 0 Å². The second-order valence-electron chi connectivity index (χ2n) is 9.36. The first-order valence-electron chi connectivity index (χ1n) is 11.7. The third-order valence-electron chi connectivity index (χ3n) is 6.75. The highest BCUT2D eigenvalue weighted by Crippen LogP contribution is 2.37. The number of piperazine rings is 1. The number of likely N-dealkylation sites (N-methyl/N-ethyl adjacent to an activating group) is 1. The predicted octanol–water partition coefficient (Wildman–Crippen LogP) is 3.46. The van der Waals surface area contributed by atoms with Gasteiger partial charge in [-0.25, -0.2) is 8.42 Å². The van der Waals surface area contributed by atoms with Crippen molar-refractivity contribution in [2.75, 3.05) is 52.9 Å². The predicted molar refractivity (Wildman–Crippen MR) is 135 cm³/mol. The zero-order valence-corrected chi connectivity index (χ0v) is 21.9. The van der Waals surface area contributed by atoms with Crippen molar-refractivity contribution >= 4 is 31.9 Å². The maximum atomic E-state index is 13.5. The van der Waals surface area contributed by atoms with E-state index in [1.807, 2.05) is 35.2 Å². The highest BCUT2D eigenvalue weighted by atomic mass is 79.9. The Bertz CT molecular complexity index is 1070. The van der Waals surface area contributed by atoms with Crippen molar-refractivity contribution in [2.45, 2.75) is 24.2 Å². The van der Waals surface area contributed by atoms with E-state index in [9.17, 15) is 13.2 Å². The number of benzene rings is 2. The zero-order chi connectivity index (χ0) is 24.2. The molecule has 2 aliphatic heterocycles. The third kappa shape index (κ3) is 6.00. The standard InChI is InChI=1S/C25H32BrN3O4S/c1-27-14-16-28(17-15-27)24(30)18-25(20-33-22-6-3-2-4-7-22)12-5-13-29(19-25)34(31,32)23-10-8-21(26)9-11-23/h2-4,6-11H,5,12-20H2,1H3/t25-/m0/s1. The van der Waals surface area contributed by atoms with Gasteiger partial charge in [-0.3, -0.25) is 4.79 Å². The van der Waals surface area contributed by atoms with Gasteiger partial charge < -0.3 is 14.5 Å². The van der Waals surface area contributed by atoms with Gasteiger partial charge in [-0.2, -0.15) is 4.31 Å². The molecule has 2 heterocycles. The highest BCUT2D eigenvalue weighted by molar-refractivity contribution is 9.10. The molecule has 0 aromatic heterocycles. The van der Waals surface area contributed by atoms with Crippen molar-refractivity contribution in [3.05, 3.63) is 59.1 Å². The molecule has 1 atom stereocenters. The summed E-state index contributed by atoms with van der Waals surface area (Å²) in [7, 11) is -1.62. The Morgan fingerprint density at radius 2 is 1.68 bits per heavy atom. The summed E-state index contributed by atoms with van der Waals surface area (Å²) >= 11 is 3.37. The van der Waals surface area contributed by atoms with Gasteiger partial charge >= 0.3 is 0 Å². The number of carbonyl (C=O) groups excluding carboxylic acids is 1. The van der Waals surface area contributed by atoms with E-state index in [0.717, 1.165) is 29.7 Å². The largest absolute Gasteiger partial charge is 0.493 e. The summed E-state index contributed by atoms with van der Waals surface area (Å²) < 4.78 is 35.4. The molecule has 9 heteroatoms. The molecule has 2 aliphatic rings. The second-order valence-corrected chi connectivity index (χ2v) is 12.2. The minimum absolute atomic E-state index is 0.0765. The highest BCUT2D eigenvalue weighted by Gasteiger charge is 2.43. The molecule has 2 aromatic rings. The minimum Gasteiger partial charge on any atom is -0.493 e. The number of sulfonamides is 1. The monoisotopic (exact) mass is 549 g/mol. The summed E-state index contributed by atoms with van der Waals surface area (Å²) in [5.74, 6) is 0.800. The molecule has 0 bridgehead atoms. The molecule has 34 heavy (non-hydrogen) atoms. The average Bonchev–Trinajstić information content (AvgIpc) is 2.84. The summed E-state index contributed by atoms with van der Waals surface area (Å²) in [5.41, 5.74) is -0.586. The molecule has 0 radical (unpaired) electrons. The molecule has 0 spiro atoms. The lowest BCUT2D eigenvalue weighted by molar-refractivity contribution is -0.136. The maximum Gasteiger partial charge on any atom is 0.243 e.